The lowest BCUT2D eigenvalue weighted by Gasteiger charge is -2.14. The Morgan fingerprint density at radius 2 is 2.22 bits per heavy atom. The highest BCUT2D eigenvalue weighted by atomic mass is 16.2. The monoisotopic (exact) mass is 245 g/mol. The summed E-state index contributed by atoms with van der Waals surface area (Å²) < 4.78 is 0. The van der Waals surface area contributed by atoms with E-state index in [1.807, 2.05) is 26.2 Å². The number of benzene rings is 1. The maximum atomic E-state index is 11.6. The third-order valence-corrected chi connectivity index (χ3v) is 3.12. The van der Waals surface area contributed by atoms with Gasteiger partial charge in [-0.1, -0.05) is 12.1 Å². The van der Waals surface area contributed by atoms with E-state index in [4.69, 9.17) is 0 Å². The number of amides is 1. The largest absolute Gasteiger partial charge is 0.361 e. The molecule has 0 atom stereocenters. The summed E-state index contributed by atoms with van der Waals surface area (Å²) in [7, 11) is 1.81. The number of H-pyrrole nitrogens is 1. The molecule has 0 bridgehead atoms. The number of aromatic nitrogens is 1. The molecule has 0 fully saturated rings. The molecule has 1 heterocycles. The number of aromatic amines is 1. The van der Waals surface area contributed by atoms with Crippen LogP contribution < -0.4 is 5.32 Å². The predicted octanol–water partition coefficient (Wildman–Crippen LogP) is 1.74. The van der Waals surface area contributed by atoms with Crippen LogP contribution in [0.1, 0.15) is 12.5 Å². The fraction of sp³-hybridized carbons (Fsp3) is 0.357. The number of fused-ring (bicyclic) bond motifs is 1. The van der Waals surface area contributed by atoms with Gasteiger partial charge in [0, 0.05) is 31.9 Å². The van der Waals surface area contributed by atoms with Crippen molar-refractivity contribution in [1.82, 2.24) is 15.2 Å². The molecule has 18 heavy (non-hydrogen) atoms. The second kappa shape index (κ2) is 5.69. The Hall–Kier alpha value is -1.81. The van der Waals surface area contributed by atoms with Crippen molar-refractivity contribution >= 4 is 16.8 Å². The van der Waals surface area contributed by atoms with Crippen molar-refractivity contribution in [2.24, 2.45) is 0 Å². The van der Waals surface area contributed by atoms with Gasteiger partial charge in [0.05, 0.1) is 6.54 Å². The van der Waals surface area contributed by atoms with Crippen LogP contribution in [0.25, 0.3) is 10.9 Å². The van der Waals surface area contributed by atoms with Crippen molar-refractivity contribution < 1.29 is 4.79 Å². The number of likely N-dealkylation sites (N-methyl/N-ethyl adjacent to an activating group) is 1. The van der Waals surface area contributed by atoms with E-state index in [1.165, 1.54) is 10.9 Å². The first-order valence-electron chi connectivity index (χ1n) is 6.21. The summed E-state index contributed by atoms with van der Waals surface area (Å²) in [5, 5.41) is 4.38. The van der Waals surface area contributed by atoms with Crippen LogP contribution in [-0.4, -0.2) is 35.9 Å². The fourth-order valence-corrected chi connectivity index (χ4v) is 1.83. The lowest BCUT2D eigenvalue weighted by Crippen LogP contribution is -2.35. The molecule has 2 aromatic rings. The number of carbonyl (C=O) groups is 1. The molecule has 0 unspecified atom stereocenters. The second-order valence-corrected chi connectivity index (χ2v) is 4.41. The first-order valence-corrected chi connectivity index (χ1v) is 6.21. The normalized spacial score (nSPS) is 10.8. The van der Waals surface area contributed by atoms with Gasteiger partial charge < -0.3 is 15.2 Å². The summed E-state index contributed by atoms with van der Waals surface area (Å²) in [5.41, 5.74) is 2.31. The minimum Gasteiger partial charge on any atom is -0.361 e. The summed E-state index contributed by atoms with van der Waals surface area (Å²) >= 11 is 0. The number of nitrogens with zero attached hydrogens (tertiary/aromatic N) is 1. The highest BCUT2D eigenvalue weighted by molar-refractivity contribution is 5.80. The third-order valence-electron chi connectivity index (χ3n) is 3.12. The van der Waals surface area contributed by atoms with Crippen LogP contribution in [0.3, 0.4) is 0 Å². The Morgan fingerprint density at radius 3 is 3.00 bits per heavy atom. The van der Waals surface area contributed by atoms with Crippen molar-refractivity contribution in [3.63, 3.8) is 0 Å². The minimum absolute atomic E-state index is 0.124. The number of carbonyl (C=O) groups excluding carboxylic acids is 1. The number of hydrogen-bond acceptors (Lipinski definition) is 2. The highest BCUT2D eigenvalue weighted by Crippen LogP contribution is 2.13. The lowest BCUT2D eigenvalue weighted by atomic mass is 10.1. The van der Waals surface area contributed by atoms with Gasteiger partial charge in [-0.25, -0.2) is 0 Å². The number of hydrogen-bond donors (Lipinski definition) is 2. The topological polar surface area (TPSA) is 48.1 Å². The van der Waals surface area contributed by atoms with E-state index in [2.05, 4.69) is 28.5 Å². The summed E-state index contributed by atoms with van der Waals surface area (Å²) in [6.07, 6.45) is 1.93. The van der Waals surface area contributed by atoms with Crippen LogP contribution in [0.2, 0.25) is 0 Å². The van der Waals surface area contributed by atoms with Gasteiger partial charge >= 0.3 is 0 Å². The summed E-state index contributed by atoms with van der Waals surface area (Å²) in [6, 6.07) is 8.32. The van der Waals surface area contributed by atoms with Crippen molar-refractivity contribution in [2.45, 2.75) is 13.5 Å². The minimum atomic E-state index is 0.124. The van der Waals surface area contributed by atoms with Gasteiger partial charge in [0.15, 0.2) is 0 Å². The fourth-order valence-electron chi connectivity index (χ4n) is 1.83. The molecule has 1 aromatic heterocycles. The molecule has 2 rings (SSSR count). The molecule has 4 heteroatoms. The van der Waals surface area contributed by atoms with Crippen LogP contribution in [-0.2, 0) is 11.3 Å². The summed E-state index contributed by atoms with van der Waals surface area (Å²) in [6.45, 7) is 3.80. The predicted molar refractivity (Wildman–Crippen MR) is 73.3 cm³/mol. The highest BCUT2D eigenvalue weighted by Gasteiger charge is 2.05. The molecule has 0 saturated heterocycles. The quantitative estimate of drug-likeness (QED) is 0.843. The molecule has 2 N–H and O–H groups in total. The van der Waals surface area contributed by atoms with E-state index < -0.39 is 0 Å². The Morgan fingerprint density at radius 1 is 1.39 bits per heavy atom. The van der Waals surface area contributed by atoms with Gasteiger partial charge in [0.25, 0.3) is 0 Å². The number of rotatable bonds is 5. The zero-order chi connectivity index (χ0) is 13.0. The van der Waals surface area contributed by atoms with Gasteiger partial charge in [-0.05, 0) is 30.0 Å². The molecule has 1 aromatic carbocycles. The second-order valence-electron chi connectivity index (χ2n) is 4.41. The summed E-state index contributed by atoms with van der Waals surface area (Å²) in [5.74, 6) is 0.124. The van der Waals surface area contributed by atoms with E-state index in [0.717, 1.165) is 12.1 Å². The van der Waals surface area contributed by atoms with Crippen LogP contribution >= 0.6 is 0 Å². The van der Waals surface area contributed by atoms with E-state index in [9.17, 15) is 4.79 Å². The maximum absolute atomic E-state index is 11.6. The zero-order valence-electron chi connectivity index (χ0n) is 10.9. The van der Waals surface area contributed by atoms with Crippen molar-refractivity contribution in [3.8, 4) is 0 Å². The first kappa shape index (κ1) is 12.6. The first-order chi connectivity index (χ1) is 8.70. The number of nitrogens with one attached hydrogen (secondary N) is 2. The van der Waals surface area contributed by atoms with Crippen LogP contribution in [0.4, 0.5) is 0 Å². The Kier molecular flexibility index (Phi) is 3.99. The van der Waals surface area contributed by atoms with Crippen molar-refractivity contribution in [2.75, 3.05) is 20.1 Å². The molecule has 0 saturated carbocycles. The standard InChI is InChI=1S/C14H19N3O/c1-3-17(2)14(18)10-15-9-11-4-5-12-6-7-16-13(12)8-11/h4-8,15-16H,3,9-10H2,1-2H3. The molecule has 0 aliphatic heterocycles. The van der Waals surface area contributed by atoms with Crippen LogP contribution in [0, 0.1) is 0 Å². The van der Waals surface area contributed by atoms with Gasteiger partial charge in [-0.3, -0.25) is 4.79 Å². The zero-order valence-corrected chi connectivity index (χ0v) is 10.9. The third kappa shape index (κ3) is 2.90. The molecule has 1 amide bonds. The Labute approximate surface area is 107 Å². The van der Waals surface area contributed by atoms with E-state index in [0.29, 0.717) is 13.1 Å². The van der Waals surface area contributed by atoms with Gasteiger partial charge in [0.1, 0.15) is 0 Å². The van der Waals surface area contributed by atoms with E-state index in [1.54, 1.807) is 4.90 Å². The summed E-state index contributed by atoms with van der Waals surface area (Å²) in [4.78, 5) is 16.5. The molecule has 0 aliphatic rings. The Bertz CT molecular complexity index is 533. The van der Waals surface area contributed by atoms with Crippen LogP contribution in [0.15, 0.2) is 30.5 Å². The van der Waals surface area contributed by atoms with Gasteiger partial charge in [-0.15, -0.1) is 0 Å². The molecule has 96 valence electrons. The molecular weight excluding hydrogens is 226 g/mol. The van der Waals surface area contributed by atoms with E-state index >= 15 is 0 Å². The van der Waals surface area contributed by atoms with Crippen molar-refractivity contribution in [1.29, 1.82) is 0 Å². The van der Waals surface area contributed by atoms with Gasteiger partial charge in [0.2, 0.25) is 5.91 Å². The average molecular weight is 245 g/mol. The molecule has 0 radical (unpaired) electrons. The molecule has 0 spiro atoms. The smallest absolute Gasteiger partial charge is 0.236 e. The molecule has 4 nitrogen and oxygen atoms in total. The van der Waals surface area contributed by atoms with Gasteiger partial charge in [-0.2, -0.15) is 0 Å². The maximum Gasteiger partial charge on any atom is 0.236 e. The molecular formula is C14H19N3O. The Balaban J connectivity index is 1.88. The van der Waals surface area contributed by atoms with Crippen LogP contribution in [0.5, 0.6) is 0 Å². The van der Waals surface area contributed by atoms with Crippen molar-refractivity contribution in [3.05, 3.63) is 36.0 Å². The molecule has 0 aliphatic carbocycles. The van der Waals surface area contributed by atoms with E-state index in [-0.39, 0.29) is 5.91 Å². The SMILES string of the molecule is CCN(C)C(=O)CNCc1ccc2cc[nH]c2c1. The lowest BCUT2D eigenvalue weighted by molar-refractivity contribution is -0.128. The average Bonchev–Trinajstić information content (AvgIpc) is 2.85.